The fourth-order valence-electron chi connectivity index (χ4n) is 10.4. The van der Waals surface area contributed by atoms with Crippen LogP contribution in [-0.2, 0) is 14.2 Å². The Kier molecular flexibility index (Phi) is 22.2. The zero-order chi connectivity index (χ0) is 55.4. The van der Waals surface area contributed by atoms with Crippen LogP contribution in [-0.4, -0.2) is 220 Å². The second-order valence-electron chi connectivity index (χ2n) is 20.0. The molecule has 0 atom stereocenters. The summed E-state index contributed by atoms with van der Waals surface area (Å²) in [6.07, 6.45) is 0. The Bertz CT molecular complexity index is 2730. The second kappa shape index (κ2) is 30.6. The number of aliphatic imine (C=N–C) groups is 3. The average molecular weight is 1150 g/mol. The van der Waals surface area contributed by atoms with Crippen molar-refractivity contribution in [1.82, 2.24) is 29.4 Å². The van der Waals surface area contributed by atoms with Gasteiger partial charge >= 0.3 is 0 Å². The van der Waals surface area contributed by atoms with Crippen LogP contribution in [0.4, 0.5) is 17.1 Å². The molecule has 6 aliphatic rings. The number of ether oxygens (including phenoxy) is 3. The molecule has 426 valence electrons. The molecule has 6 heterocycles. The van der Waals surface area contributed by atoms with Gasteiger partial charge in [-0.15, -0.1) is 0 Å². The van der Waals surface area contributed by atoms with E-state index >= 15 is 0 Å². The zero-order valence-electron chi connectivity index (χ0n) is 46.1. The first-order chi connectivity index (χ1) is 40.0. The van der Waals surface area contributed by atoms with E-state index in [1.807, 2.05) is 0 Å². The fourth-order valence-corrected chi connectivity index (χ4v) is 13.4. The van der Waals surface area contributed by atoms with Gasteiger partial charge in [0, 0.05) is 144 Å². The van der Waals surface area contributed by atoms with Gasteiger partial charge in [-0.3, -0.25) is 14.7 Å². The van der Waals surface area contributed by atoms with Crippen molar-refractivity contribution in [2.24, 2.45) is 15.0 Å². The monoisotopic (exact) mass is 1150 g/mol. The van der Waals surface area contributed by atoms with Crippen LogP contribution in [0.25, 0.3) is 0 Å². The lowest BCUT2D eigenvalue weighted by Crippen LogP contribution is -2.49. The van der Waals surface area contributed by atoms with Crippen LogP contribution in [0.15, 0.2) is 190 Å². The number of rotatable bonds is 15. The van der Waals surface area contributed by atoms with E-state index in [0.29, 0.717) is 39.6 Å². The number of hydrogen-bond donors (Lipinski definition) is 3. The predicted molar refractivity (Wildman–Crippen MR) is 327 cm³/mol. The number of hydrogen-bond acceptors (Lipinski definition) is 18. The van der Waals surface area contributed by atoms with E-state index in [1.54, 1.807) is 35.3 Å². The summed E-state index contributed by atoms with van der Waals surface area (Å²) in [5.74, 6) is 3.25. The molecule has 0 amide bonds. The minimum Gasteiger partial charge on any atom is -0.394 e. The Labute approximate surface area is 490 Å². The van der Waals surface area contributed by atoms with Gasteiger partial charge in [0.15, 0.2) is 0 Å². The van der Waals surface area contributed by atoms with Crippen molar-refractivity contribution in [2.45, 2.75) is 29.4 Å². The summed E-state index contributed by atoms with van der Waals surface area (Å²) in [6.45, 7) is 18.0. The van der Waals surface area contributed by atoms with Crippen molar-refractivity contribution in [3.63, 3.8) is 0 Å². The molecule has 3 N–H and O–H groups in total. The third-order valence-corrected chi connectivity index (χ3v) is 18.1. The lowest BCUT2D eigenvalue weighted by molar-refractivity contribution is 0.0652. The summed E-state index contributed by atoms with van der Waals surface area (Å²) in [4.78, 5) is 37.1. The van der Waals surface area contributed by atoms with Gasteiger partial charge in [0.05, 0.1) is 76.5 Å². The molecule has 0 aromatic heterocycles. The highest BCUT2D eigenvalue weighted by molar-refractivity contribution is 8.00. The van der Waals surface area contributed by atoms with E-state index in [2.05, 4.69) is 175 Å². The lowest BCUT2D eigenvalue weighted by Gasteiger charge is -2.36. The highest BCUT2D eigenvalue weighted by Gasteiger charge is 2.28. The van der Waals surface area contributed by atoms with Gasteiger partial charge in [0.1, 0.15) is 17.5 Å². The van der Waals surface area contributed by atoms with Gasteiger partial charge in [-0.2, -0.15) is 0 Å². The molecule has 81 heavy (non-hydrogen) atoms. The number of para-hydroxylation sites is 3. The van der Waals surface area contributed by atoms with E-state index in [0.717, 1.165) is 133 Å². The van der Waals surface area contributed by atoms with Gasteiger partial charge < -0.3 is 44.2 Å². The Morgan fingerprint density at radius 3 is 0.827 bits per heavy atom. The van der Waals surface area contributed by atoms with Crippen LogP contribution in [0.5, 0.6) is 0 Å². The van der Waals surface area contributed by atoms with Crippen LogP contribution in [0.2, 0.25) is 0 Å². The molecular weight excluding hydrogens is 1070 g/mol. The van der Waals surface area contributed by atoms with Crippen molar-refractivity contribution >= 4 is 69.9 Å². The molecule has 3 saturated heterocycles. The Morgan fingerprint density at radius 1 is 0.309 bits per heavy atom. The van der Waals surface area contributed by atoms with Crippen molar-refractivity contribution in [2.75, 3.05) is 158 Å². The van der Waals surface area contributed by atoms with Gasteiger partial charge in [-0.25, -0.2) is 15.0 Å². The third kappa shape index (κ3) is 16.0. The Balaban J connectivity index is 0.000000136. The normalized spacial score (nSPS) is 17.1. The van der Waals surface area contributed by atoms with E-state index in [4.69, 9.17) is 44.5 Å². The van der Waals surface area contributed by atoms with Crippen molar-refractivity contribution in [3.8, 4) is 0 Å². The number of aliphatic hydroxyl groups is 3. The van der Waals surface area contributed by atoms with Crippen molar-refractivity contribution in [1.29, 1.82) is 0 Å². The quantitative estimate of drug-likeness (QED) is 0.0844. The topological polar surface area (TPSA) is 145 Å². The molecule has 0 spiro atoms. The van der Waals surface area contributed by atoms with Crippen molar-refractivity contribution < 1.29 is 29.5 Å². The first-order valence-electron chi connectivity index (χ1n) is 28.4. The van der Waals surface area contributed by atoms with E-state index < -0.39 is 0 Å². The molecule has 0 aliphatic carbocycles. The van der Waals surface area contributed by atoms with E-state index in [9.17, 15) is 0 Å². The minimum absolute atomic E-state index is 0.0898. The molecule has 6 aromatic carbocycles. The smallest absolute Gasteiger partial charge is 0.137 e. The summed E-state index contributed by atoms with van der Waals surface area (Å²) in [7, 11) is 0. The molecule has 0 unspecified atom stereocenters. The Hall–Kier alpha value is -5.58. The van der Waals surface area contributed by atoms with Crippen LogP contribution in [0.1, 0.15) is 16.7 Å². The molecule has 18 heteroatoms. The summed E-state index contributed by atoms with van der Waals surface area (Å²) < 4.78 is 16.2. The maximum Gasteiger partial charge on any atom is 0.137 e. The van der Waals surface area contributed by atoms with Crippen molar-refractivity contribution in [3.05, 3.63) is 162 Å². The summed E-state index contributed by atoms with van der Waals surface area (Å²) in [6, 6.07) is 50.8. The largest absolute Gasteiger partial charge is 0.394 e. The molecule has 6 aliphatic heterocycles. The first-order valence-corrected chi connectivity index (χ1v) is 30.8. The molecular formula is C63H75N9O6S3. The van der Waals surface area contributed by atoms with Crippen LogP contribution in [0.3, 0.4) is 0 Å². The molecule has 12 rings (SSSR count). The highest BCUT2D eigenvalue weighted by Crippen LogP contribution is 2.43. The number of fused-ring (bicyclic) bond motifs is 6. The number of amidine groups is 3. The number of aliphatic hydroxyl groups excluding tert-OH is 3. The SMILES string of the molecule is OCCOCCN1CCN(C2=Nc3ccccc3Sc3ccccc32)CC1.OCCOCCN1CCN(C2=Nc3ccccc3Sc3ccccc32)CC1.OCCOCCN1CCN(C2=Nc3ccccc3Sc3ccccc32)CC1. The van der Waals surface area contributed by atoms with E-state index in [1.165, 1.54) is 46.1 Å². The minimum atomic E-state index is 0.0898. The maximum absolute atomic E-state index is 8.79. The highest BCUT2D eigenvalue weighted by atomic mass is 32.2. The predicted octanol–water partition coefficient (Wildman–Crippen LogP) is 8.57. The molecule has 0 saturated carbocycles. The fraction of sp³-hybridized carbons (Fsp3) is 0.381. The summed E-state index contributed by atoms with van der Waals surface area (Å²) in [5.41, 5.74) is 6.81. The average Bonchev–Trinajstić information content (AvgIpc) is 3.94. The first kappa shape index (κ1) is 58.6. The number of benzene rings is 6. The molecule has 3 fully saturated rings. The summed E-state index contributed by atoms with van der Waals surface area (Å²) >= 11 is 5.40. The molecule has 0 bridgehead atoms. The molecule has 15 nitrogen and oxygen atoms in total. The number of piperazine rings is 3. The van der Waals surface area contributed by atoms with Crippen LogP contribution < -0.4 is 0 Å². The van der Waals surface area contributed by atoms with Gasteiger partial charge in [-0.05, 0) is 54.6 Å². The maximum atomic E-state index is 8.79. The number of nitrogens with zero attached hydrogens (tertiary/aromatic N) is 9. The van der Waals surface area contributed by atoms with Gasteiger partial charge in [0.2, 0.25) is 0 Å². The second-order valence-corrected chi connectivity index (χ2v) is 23.2. The molecule has 0 radical (unpaired) electrons. The van der Waals surface area contributed by atoms with E-state index in [-0.39, 0.29) is 19.8 Å². The van der Waals surface area contributed by atoms with Crippen LogP contribution >= 0.6 is 35.3 Å². The van der Waals surface area contributed by atoms with Gasteiger partial charge in [0.25, 0.3) is 0 Å². The standard InChI is InChI=1S/3C21H25N3O2S/c3*25-14-16-26-15-13-23-9-11-24(12-10-23)21-17-5-1-3-7-19(17)27-20-8-4-2-6-18(20)22-21/h3*1-8,25H,9-16H2. The zero-order valence-corrected chi connectivity index (χ0v) is 48.6. The third-order valence-electron chi connectivity index (χ3n) is 14.7. The molecule has 6 aromatic rings. The Morgan fingerprint density at radius 2 is 0.556 bits per heavy atom. The van der Waals surface area contributed by atoms with Crippen LogP contribution in [0, 0.1) is 0 Å². The van der Waals surface area contributed by atoms with Gasteiger partial charge in [-0.1, -0.05) is 126 Å². The summed E-state index contributed by atoms with van der Waals surface area (Å²) in [5, 5.41) is 26.4. The lowest BCUT2D eigenvalue weighted by atomic mass is 10.1.